The molecular formula is C17H26N2O2S. The van der Waals surface area contributed by atoms with E-state index in [2.05, 4.69) is 22.5 Å². The SMILES string of the molecule is CSCCCC(=O)Nc1ccccc1N1CCC(CO)CC1. The number of hydrogen-bond acceptors (Lipinski definition) is 4. The third-order valence-electron chi connectivity index (χ3n) is 4.14. The first-order chi connectivity index (χ1) is 10.7. The zero-order chi connectivity index (χ0) is 15.8. The molecule has 1 heterocycles. The third-order valence-corrected chi connectivity index (χ3v) is 4.84. The zero-order valence-electron chi connectivity index (χ0n) is 13.3. The maximum absolute atomic E-state index is 12.0. The first-order valence-corrected chi connectivity index (χ1v) is 9.37. The molecule has 0 aromatic heterocycles. The molecule has 22 heavy (non-hydrogen) atoms. The first kappa shape index (κ1) is 17.2. The predicted octanol–water partition coefficient (Wildman–Crippen LogP) is 2.98. The number of carbonyl (C=O) groups excluding carboxylic acids is 1. The fraction of sp³-hybridized carbons (Fsp3) is 0.588. The number of piperidine rings is 1. The lowest BCUT2D eigenvalue weighted by atomic mass is 9.97. The molecule has 1 amide bonds. The lowest BCUT2D eigenvalue weighted by molar-refractivity contribution is -0.116. The summed E-state index contributed by atoms with van der Waals surface area (Å²) >= 11 is 1.77. The van der Waals surface area contributed by atoms with Crippen molar-refractivity contribution in [1.82, 2.24) is 0 Å². The molecule has 0 saturated carbocycles. The molecule has 0 radical (unpaired) electrons. The van der Waals surface area contributed by atoms with E-state index in [-0.39, 0.29) is 12.5 Å². The van der Waals surface area contributed by atoms with Crippen LogP contribution in [0.25, 0.3) is 0 Å². The van der Waals surface area contributed by atoms with Crippen LogP contribution in [-0.2, 0) is 4.79 Å². The van der Waals surface area contributed by atoms with Gasteiger partial charge in [-0.25, -0.2) is 0 Å². The predicted molar refractivity (Wildman–Crippen MR) is 94.7 cm³/mol. The zero-order valence-corrected chi connectivity index (χ0v) is 14.1. The summed E-state index contributed by atoms with van der Waals surface area (Å²) in [5.41, 5.74) is 2.00. The molecule has 0 bridgehead atoms. The summed E-state index contributed by atoms with van der Waals surface area (Å²) in [6, 6.07) is 8.01. The molecule has 2 N–H and O–H groups in total. The molecule has 0 atom stereocenters. The topological polar surface area (TPSA) is 52.6 Å². The third kappa shape index (κ3) is 4.92. The molecule has 0 spiro atoms. The lowest BCUT2D eigenvalue weighted by Gasteiger charge is -2.34. The molecule has 1 saturated heterocycles. The van der Waals surface area contributed by atoms with Crippen molar-refractivity contribution in [2.45, 2.75) is 25.7 Å². The number of thioether (sulfide) groups is 1. The Morgan fingerprint density at radius 1 is 1.36 bits per heavy atom. The highest BCUT2D eigenvalue weighted by Gasteiger charge is 2.20. The Bertz CT molecular complexity index is 473. The monoisotopic (exact) mass is 322 g/mol. The van der Waals surface area contributed by atoms with Crippen molar-refractivity contribution in [2.75, 3.05) is 41.9 Å². The van der Waals surface area contributed by atoms with E-state index in [0.717, 1.165) is 49.5 Å². The van der Waals surface area contributed by atoms with Crippen molar-refractivity contribution < 1.29 is 9.90 Å². The van der Waals surface area contributed by atoms with Crippen LogP contribution in [-0.4, -0.2) is 42.7 Å². The van der Waals surface area contributed by atoms with E-state index in [0.29, 0.717) is 12.3 Å². The summed E-state index contributed by atoms with van der Waals surface area (Å²) in [5, 5.41) is 12.3. The molecule has 2 rings (SSSR count). The Morgan fingerprint density at radius 3 is 2.77 bits per heavy atom. The Hall–Kier alpha value is -1.20. The van der Waals surface area contributed by atoms with E-state index < -0.39 is 0 Å². The number of benzene rings is 1. The van der Waals surface area contributed by atoms with Crippen LogP contribution in [0.5, 0.6) is 0 Å². The summed E-state index contributed by atoms with van der Waals surface area (Å²) in [5.74, 6) is 1.53. The van der Waals surface area contributed by atoms with Gasteiger partial charge in [-0.15, -0.1) is 0 Å². The second-order valence-electron chi connectivity index (χ2n) is 5.77. The number of carbonyl (C=O) groups is 1. The summed E-state index contributed by atoms with van der Waals surface area (Å²) in [7, 11) is 0. The Balaban J connectivity index is 1.96. The molecule has 1 aliphatic heterocycles. The summed E-state index contributed by atoms with van der Waals surface area (Å²) in [6.07, 6.45) is 5.56. The molecule has 1 aromatic carbocycles. The van der Waals surface area contributed by atoms with E-state index in [9.17, 15) is 9.90 Å². The maximum atomic E-state index is 12.0. The minimum absolute atomic E-state index is 0.0896. The van der Waals surface area contributed by atoms with E-state index in [4.69, 9.17) is 0 Å². The number of rotatable bonds is 7. The fourth-order valence-electron chi connectivity index (χ4n) is 2.80. The van der Waals surface area contributed by atoms with Crippen molar-refractivity contribution in [2.24, 2.45) is 5.92 Å². The molecule has 4 nitrogen and oxygen atoms in total. The van der Waals surface area contributed by atoms with E-state index in [1.54, 1.807) is 11.8 Å². The van der Waals surface area contributed by atoms with Crippen LogP contribution >= 0.6 is 11.8 Å². The van der Waals surface area contributed by atoms with E-state index in [1.165, 1.54) is 0 Å². The average Bonchev–Trinajstić information content (AvgIpc) is 2.56. The smallest absolute Gasteiger partial charge is 0.224 e. The van der Waals surface area contributed by atoms with Gasteiger partial charge in [0.05, 0.1) is 11.4 Å². The van der Waals surface area contributed by atoms with Crippen LogP contribution in [0.15, 0.2) is 24.3 Å². The average molecular weight is 322 g/mol. The molecular weight excluding hydrogens is 296 g/mol. The number of amides is 1. The van der Waals surface area contributed by atoms with Crippen LogP contribution in [0.3, 0.4) is 0 Å². The van der Waals surface area contributed by atoms with Crippen LogP contribution < -0.4 is 10.2 Å². The van der Waals surface area contributed by atoms with Gasteiger partial charge in [0.2, 0.25) is 5.91 Å². The molecule has 1 aromatic rings. The van der Waals surface area contributed by atoms with Crippen molar-refractivity contribution in [3.8, 4) is 0 Å². The quantitative estimate of drug-likeness (QED) is 0.758. The summed E-state index contributed by atoms with van der Waals surface area (Å²) in [4.78, 5) is 14.4. The van der Waals surface area contributed by atoms with Crippen LogP contribution in [0.4, 0.5) is 11.4 Å². The van der Waals surface area contributed by atoms with Crippen LogP contribution in [0.1, 0.15) is 25.7 Å². The number of anilines is 2. The fourth-order valence-corrected chi connectivity index (χ4v) is 3.23. The standard InChI is InChI=1S/C17H26N2O2S/c1-22-12-4-7-17(21)18-15-5-2-3-6-16(15)19-10-8-14(13-20)9-11-19/h2-3,5-6,14,20H,4,7-13H2,1H3,(H,18,21). The van der Waals surface area contributed by atoms with E-state index in [1.807, 2.05) is 18.2 Å². The van der Waals surface area contributed by atoms with Crippen LogP contribution in [0.2, 0.25) is 0 Å². The molecule has 122 valence electrons. The molecule has 0 aliphatic carbocycles. The van der Waals surface area contributed by atoms with Gasteiger partial charge in [-0.2, -0.15) is 11.8 Å². The van der Waals surface area contributed by atoms with Crippen LogP contribution in [0, 0.1) is 5.92 Å². The van der Waals surface area contributed by atoms with Crippen molar-refractivity contribution in [3.05, 3.63) is 24.3 Å². The second-order valence-corrected chi connectivity index (χ2v) is 6.76. The Kier molecular flexibility index (Phi) is 7.06. The van der Waals surface area contributed by atoms with E-state index >= 15 is 0 Å². The highest BCUT2D eigenvalue weighted by atomic mass is 32.2. The van der Waals surface area contributed by atoms with Gasteiger partial charge in [-0.1, -0.05) is 12.1 Å². The highest BCUT2D eigenvalue weighted by molar-refractivity contribution is 7.98. The molecule has 5 heteroatoms. The van der Waals surface area contributed by atoms with Gasteiger partial charge in [0, 0.05) is 26.1 Å². The number of nitrogens with one attached hydrogen (secondary N) is 1. The molecule has 0 unspecified atom stereocenters. The highest BCUT2D eigenvalue weighted by Crippen LogP contribution is 2.29. The first-order valence-electron chi connectivity index (χ1n) is 7.98. The maximum Gasteiger partial charge on any atom is 0.224 e. The minimum atomic E-state index is 0.0896. The van der Waals surface area contributed by atoms with Gasteiger partial charge in [0.15, 0.2) is 0 Å². The number of aliphatic hydroxyl groups excluding tert-OH is 1. The normalized spacial score (nSPS) is 15.8. The van der Waals surface area contributed by atoms with Crippen molar-refractivity contribution in [1.29, 1.82) is 0 Å². The second kappa shape index (κ2) is 9.06. The largest absolute Gasteiger partial charge is 0.396 e. The Labute approximate surface area is 137 Å². The number of para-hydroxylation sites is 2. The number of nitrogens with zero attached hydrogens (tertiary/aromatic N) is 1. The Morgan fingerprint density at radius 2 is 2.09 bits per heavy atom. The summed E-state index contributed by atoms with van der Waals surface area (Å²) in [6.45, 7) is 2.15. The van der Waals surface area contributed by atoms with Gasteiger partial charge >= 0.3 is 0 Å². The van der Waals surface area contributed by atoms with Crippen molar-refractivity contribution >= 4 is 29.0 Å². The lowest BCUT2D eigenvalue weighted by Crippen LogP contribution is -2.35. The van der Waals surface area contributed by atoms with Gasteiger partial charge in [-0.3, -0.25) is 4.79 Å². The number of aliphatic hydroxyl groups is 1. The molecule has 1 aliphatic rings. The minimum Gasteiger partial charge on any atom is -0.396 e. The van der Waals surface area contributed by atoms with Gasteiger partial charge < -0.3 is 15.3 Å². The number of hydrogen-bond donors (Lipinski definition) is 2. The van der Waals surface area contributed by atoms with Gasteiger partial charge in [0.1, 0.15) is 0 Å². The van der Waals surface area contributed by atoms with Crippen molar-refractivity contribution in [3.63, 3.8) is 0 Å². The van der Waals surface area contributed by atoms with Gasteiger partial charge in [0.25, 0.3) is 0 Å². The molecule has 1 fully saturated rings. The van der Waals surface area contributed by atoms with Gasteiger partial charge in [-0.05, 0) is 49.3 Å². The summed E-state index contributed by atoms with van der Waals surface area (Å²) < 4.78 is 0.